The second kappa shape index (κ2) is 7.95. The van der Waals surface area contributed by atoms with Crippen molar-refractivity contribution in [2.24, 2.45) is 5.73 Å². The third kappa shape index (κ3) is 3.56. The summed E-state index contributed by atoms with van der Waals surface area (Å²) in [6.07, 6.45) is 10.3. The van der Waals surface area contributed by atoms with Gasteiger partial charge in [0.25, 0.3) is 0 Å². The lowest BCUT2D eigenvalue weighted by Gasteiger charge is -2.24. The van der Waals surface area contributed by atoms with Gasteiger partial charge in [-0.15, -0.1) is 0 Å². The van der Waals surface area contributed by atoms with Crippen molar-refractivity contribution in [3.8, 4) is 0 Å². The Morgan fingerprint density at radius 2 is 1.82 bits per heavy atom. The molecule has 2 aromatic heterocycles. The fraction of sp³-hybridized carbons (Fsp3) is 0.500. The Balaban J connectivity index is 1.36. The Hall–Kier alpha value is -2.65. The zero-order valence-electron chi connectivity index (χ0n) is 19.8. The van der Waals surface area contributed by atoms with Crippen LogP contribution in [-0.4, -0.2) is 43.6 Å². The predicted octanol–water partition coefficient (Wildman–Crippen LogP) is 3.99. The van der Waals surface area contributed by atoms with Crippen LogP contribution < -0.4 is 5.73 Å². The number of hydrogen-bond acceptors (Lipinski definition) is 7. The minimum Gasteiger partial charge on any atom is -0.345 e. The number of rotatable bonds is 4. The molecule has 4 heterocycles. The van der Waals surface area contributed by atoms with Crippen molar-refractivity contribution in [1.29, 1.82) is 0 Å². The molecule has 178 valence electrons. The smallest absolute Gasteiger partial charge is 0.166 e. The fourth-order valence-electron chi connectivity index (χ4n) is 5.60. The van der Waals surface area contributed by atoms with Gasteiger partial charge in [-0.2, -0.15) is 0 Å². The molecule has 6 rings (SSSR count). The van der Waals surface area contributed by atoms with E-state index in [2.05, 4.69) is 41.2 Å². The van der Waals surface area contributed by atoms with Crippen molar-refractivity contribution in [2.75, 3.05) is 0 Å². The highest BCUT2D eigenvalue weighted by Crippen LogP contribution is 2.45. The van der Waals surface area contributed by atoms with Gasteiger partial charge in [-0.05, 0) is 44.7 Å². The van der Waals surface area contributed by atoms with E-state index in [1.807, 2.05) is 30.5 Å². The van der Waals surface area contributed by atoms with Gasteiger partial charge in [-0.1, -0.05) is 49.3 Å². The molecule has 1 saturated carbocycles. The molecule has 0 amide bonds. The second-order valence-corrected chi connectivity index (χ2v) is 10.2. The summed E-state index contributed by atoms with van der Waals surface area (Å²) in [7, 11) is 0. The molecule has 8 nitrogen and oxygen atoms in total. The van der Waals surface area contributed by atoms with Crippen LogP contribution in [0.3, 0.4) is 0 Å². The Bertz CT molecular complexity index is 1250. The number of ether oxygens (including phenoxy) is 3. The first kappa shape index (κ1) is 21.9. The average Bonchev–Trinajstić information content (AvgIpc) is 3.56. The first-order valence-electron chi connectivity index (χ1n) is 12.1. The van der Waals surface area contributed by atoms with E-state index in [1.165, 1.54) is 5.56 Å². The van der Waals surface area contributed by atoms with Crippen LogP contribution in [0.25, 0.3) is 17.2 Å². The molecule has 0 spiro atoms. The minimum absolute atomic E-state index is 0.241. The molecule has 8 heteroatoms. The van der Waals surface area contributed by atoms with Gasteiger partial charge in [-0.25, -0.2) is 15.0 Å². The molecular formula is C26H31N5O3. The van der Waals surface area contributed by atoms with Crippen LogP contribution in [0.15, 0.2) is 43.0 Å². The van der Waals surface area contributed by atoms with Crippen molar-refractivity contribution in [3.63, 3.8) is 0 Å². The largest absolute Gasteiger partial charge is 0.345 e. The monoisotopic (exact) mass is 461 g/mol. The lowest BCUT2D eigenvalue weighted by molar-refractivity contribution is -0.191. The van der Waals surface area contributed by atoms with Crippen LogP contribution in [0.5, 0.6) is 0 Å². The van der Waals surface area contributed by atoms with E-state index in [-0.39, 0.29) is 18.3 Å². The van der Waals surface area contributed by atoms with Crippen molar-refractivity contribution in [3.05, 3.63) is 59.8 Å². The normalized spacial score (nSPS) is 29.9. The van der Waals surface area contributed by atoms with Crippen LogP contribution in [0.1, 0.15) is 62.6 Å². The van der Waals surface area contributed by atoms with E-state index < -0.39 is 17.6 Å². The third-order valence-corrected chi connectivity index (χ3v) is 7.32. The summed E-state index contributed by atoms with van der Waals surface area (Å²) < 4.78 is 21.1. The highest BCUT2D eigenvalue weighted by atomic mass is 16.8. The van der Waals surface area contributed by atoms with Crippen LogP contribution in [0, 0.1) is 6.92 Å². The van der Waals surface area contributed by atoms with Crippen LogP contribution in [0.2, 0.25) is 0 Å². The number of nitrogens with two attached hydrogens (primary N) is 1. The number of benzene rings is 1. The Labute approximate surface area is 199 Å². The standard InChI is InChI=1S/C26H31N5O3/c1-16-8-4-5-9-17(16)10-11-18-20-21(34-25(2,3)33-20)24(32-18)31-15-30-19-22(28-14-29-23(19)31)26(27)12-6-7-13-26/h4-5,8-11,14-15,18,20-21,24H,6-7,12-13,27H2,1-3H3/t18-,20-,21-,24-/m1/s1. The average molecular weight is 462 g/mol. The lowest BCUT2D eigenvalue weighted by Crippen LogP contribution is -2.34. The van der Waals surface area contributed by atoms with Crippen molar-refractivity contribution in [2.45, 2.75) is 82.3 Å². The summed E-state index contributed by atoms with van der Waals surface area (Å²) >= 11 is 0. The third-order valence-electron chi connectivity index (χ3n) is 7.32. The lowest BCUT2D eigenvalue weighted by atomic mass is 9.94. The van der Waals surface area contributed by atoms with E-state index in [0.717, 1.165) is 42.5 Å². The van der Waals surface area contributed by atoms with Crippen molar-refractivity contribution in [1.82, 2.24) is 19.5 Å². The van der Waals surface area contributed by atoms with Crippen molar-refractivity contribution >= 4 is 17.2 Å². The van der Waals surface area contributed by atoms with E-state index in [0.29, 0.717) is 5.65 Å². The quantitative estimate of drug-likeness (QED) is 0.627. The maximum atomic E-state index is 6.73. The fourth-order valence-corrected chi connectivity index (χ4v) is 5.60. The van der Waals surface area contributed by atoms with Gasteiger partial charge in [0.15, 0.2) is 17.7 Å². The Morgan fingerprint density at radius 1 is 1.06 bits per heavy atom. The van der Waals surface area contributed by atoms with Gasteiger partial charge in [0.1, 0.15) is 30.2 Å². The van der Waals surface area contributed by atoms with Gasteiger partial charge in [0, 0.05) is 0 Å². The maximum absolute atomic E-state index is 6.73. The van der Waals surface area contributed by atoms with E-state index >= 15 is 0 Å². The van der Waals surface area contributed by atoms with Gasteiger partial charge in [-0.3, -0.25) is 4.57 Å². The van der Waals surface area contributed by atoms with Gasteiger partial charge >= 0.3 is 0 Å². The number of aryl methyl sites for hydroxylation is 1. The highest BCUT2D eigenvalue weighted by Gasteiger charge is 2.55. The Kier molecular flexibility index (Phi) is 5.11. The number of hydrogen-bond donors (Lipinski definition) is 1. The maximum Gasteiger partial charge on any atom is 0.166 e. The molecule has 3 aliphatic rings. The number of aromatic nitrogens is 4. The van der Waals surface area contributed by atoms with E-state index in [9.17, 15) is 0 Å². The summed E-state index contributed by atoms with van der Waals surface area (Å²) in [4.78, 5) is 13.8. The van der Waals surface area contributed by atoms with Crippen LogP contribution >= 0.6 is 0 Å². The first-order valence-corrected chi connectivity index (χ1v) is 12.1. The molecule has 2 aliphatic heterocycles. The summed E-state index contributed by atoms with van der Waals surface area (Å²) in [5, 5.41) is 0. The predicted molar refractivity (Wildman–Crippen MR) is 128 cm³/mol. The highest BCUT2D eigenvalue weighted by molar-refractivity contribution is 5.74. The summed E-state index contributed by atoms with van der Waals surface area (Å²) in [5.74, 6) is -0.701. The minimum atomic E-state index is -0.701. The molecule has 3 fully saturated rings. The molecule has 0 radical (unpaired) electrons. The summed E-state index contributed by atoms with van der Waals surface area (Å²) in [5.41, 5.74) is 10.9. The first-order chi connectivity index (χ1) is 16.3. The van der Waals surface area contributed by atoms with Gasteiger partial charge in [0.2, 0.25) is 0 Å². The molecule has 0 unspecified atom stereocenters. The van der Waals surface area contributed by atoms with Gasteiger partial charge in [0.05, 0.1) is 17.6 Å². The van der Waals surface area contributed by atoms with Crippen molar-refractivity contribution < 1.29 is 14.2 Å². The Morgan fingerprint density at radius 3 is 2.62 bits per heavy atom. The van der Waals surface area contributed by atoms with Gasteiger partial charge < -0.3 is 19.9 Å². The molecule has 1 aromatic carbocycles. The SMILES string of the molecule is Cc1ccccc1C=C[C@H]1O[C@@H](n2cnc3c(C4(N)CCCC4)ncnc32)[C@@H]2OC(C)(C)O[C@@H]21. The molecular weight excluding hydrogens is 430 g/mol. The van der Waals surface area contributed by atoms with E-state index in [4.69, 9.17) is 24.9 Å². The molecule has 3 aromatic rings. The van der Waals surface area contributed by atoms with Crippen LogP contribution in [-0.2, 0) is 19.7 Å². The summed E-state index contributed by atoms with van der Waals surface area (Å²) in [6, 6.07) is 8.27. The number of nitrogens with zero attached hydrogens (tertiary/aromatic N) is 4. The molecule has 1 aliphatic carbocycles. The molecule has 34 heavy (non-hydrogen) atoms. The zero-order chi connectivity index (χ0) is 23.5. The van der Waals surface area contributed by atoms with Crippen LogP contribution in [0.4, 0.5) is 0 Å². The molecule has 2 N–H and O–H groups in total. The number of imidazole rings is 1. The zero-order valence-corrected chi connectivity index (χ0v) is 19.8. The second-order valence-electron chi connectivity index (χ2n) is 10.2. The molecule has 2 saturated heterocycles. The summed E-state index contributed by atoms with van der Waals surface area (Å²) in [6.45, 7) is 5.98. The molecule has 0 bridgehead atoms. The number of fused-ring (bicyclic) bond motifs is 2. The van der Waals surface area contributed by atoms with E-state index in [1.54, 1.807) is 12.7 Å². The molecule has 4 atom stereocenters. The topological polar surface area (TPSA) is 97.3 Å².